The van der Waals surface area contributed by atoms with Gasteiger partial charge in [0, 0.05) is 6.92 Å². The summed E-state index contributed by atoms with van der Waals surface area (Å²) in [6, 6.07) is -1.47. The molecule has 0 unspecified atom stereocenters. The third-order valence-electron chi connectivity index (χ3n) is 4.02. The van der Waals surface area contributed by atoms with Crippen LogP contribution in [0.3, 0.4) is 0 Å². The predicted octanol–water partition coefficient (Wildman–Crippen LogP) is -5.53. The molecule has 9 atom stereocenters. The molecule has 0 saturated carbocycles. The van der Waals surface area contributed by atoms with Gasteiger partial charge in [-0.2, -0.15) is 0 Å². The van der Waals surface area contributed by atoms with E-state index in [2.05, 4.69) is 5.32 Å². The summed E-state index contributed by atoms with van der Waals surface area (Å²) in [5, 5.41) is 78.6. The van der Waals surface area contributed by atoms with Gasteiger partial charge in [0.1, 0.15) is 42.7 Å². The first kappa shape index (κ1) is 23.6. The molecule has 13 nitrogen and oxygen atoms in total. The average Bonchev–Trinajstić information content (AvgIpc) is 2.62. The summed E-state index contributed by atoms with van der Waals surface area (Å²) in [7, 11) is 0. The molecule has 0 aromatic rings. The van der Waals surface area contributed by atoms with E-state index in [1.807, 2.05) is 0 Å². The number of rotatable bonds is 9. The van der Waals surface area contributed by atoms with E-state index in [0.717, 1.165) is 6.92 Å². The van der Waals surface area contributed by atoms with E-state index in [1.165, 1.54) is 0 Å². The number of aliphatic hydroxyl groups is 7. The van der Waals surface area contributed by atoms with Gasteiger partial charge >= 0.3 is 5.97 Å². The first-order valence-corrected chi connectivity index (χ1v) is 7.98. The average molecular weight is 399 g/mol. The van der Waals surface area contributed by atoms with Crippen LogP contribution in [0.5, 0.6) is 0 Å². The number of carboxylic acid groups (broad SMARTS) is 1. The van der Waals surface area contributed by atoms with Gasteiger partial charge in [-0.25, -0.2) is 4.79 Å². The van der Waals surface area contributed by atoms with E-state index in [9.17, 15) is 40.2 Å². The van der Waals surface area contributed by atoms with Crippen molar-refractivity contribution in [2.24, 2.45) is 0 Å². The molecule has 158 valence electrons. The number of aliphatic hydroxyl groups excluding tert-OH is 7. The van der Waals surface area contributed by atoms with Gasteiger partial charge in [-0.3, -0.25) is 4.79 Å². The van der Waals surface area contributed by atoms with Crippen molar-refractivity contribution in [3.63, 3.8) is 0 Å². The number of carboxylic acids is 1. The molecule has 1 aliphatic heterocycles. The highest BCUT2D eigenvalue weighted by molar-refractivity contribution is 5.73. The molecule has 0 bridgehead atoms. The molecule has 0 aliphatic carbocycles. The Balaban J connectivity index is 3.15. The zero-order valence-electron chi connectivity index (χ0n) is 14.3. The maximum atomic E-state index is 11.3. The lowest BCUT2D eigenvalue weighted by atomic mass is 9.96. The third kappa shape index (κ3) is 5.78. The van der Waals surface area contributed by atoms with Crippen LogP contribution in [0.1, 0.15) is 6.92 Å². The van der Waals surface area contributed by atoms with Crippen LogP contribution in [0.25, 0.3) is 0 Å². The zero-order valence-corrected chi connectivity index (χ0v) is 14.3. The van der Waals surface area contributed by atoms with Gasteiger partial charge < -0.3 is 55.6 Å². The summed E-state index contributed by atoms with van der Waals surface area (Å²) in [6.45, 7) is -0.699. The van der Waals surface area contributed by atoms with Gasteiger partial charge in [0.25, 0.3) is 0 Å². The predicted molar refractivity (Wildman–Crippen MR) is 83.0 cm³/mol. The minimum atomic E-state index is -2.39. The number of aliphatic carboxylic acids is 1. The summed E-state index contributed by atoms with van der Waals surface area (Å²) in [5.74, 6) is -2.52. The van der Waals surface area contributed by atoms with E-state index in [1.54, 1.807) is 0 Å². The van der Waals surface area contributed by atoms with E-state index >= 15 is 0 Å². The van der Waals surface area contributed by atoms with Crippen molar-refractivity contribution >= 4 is 11.9 Å². The molecule has 1 rings (SSSR count). The smallest absolute Gasteiger partial charge is 0.335 e. The van der Waals surface area contributed by atoms with E-state index in [4.69, 9.17) is 19.7 Å². The van der Waals surface area contributed by atoms with E-state index in [-0.39, 0.29) is 0 Å². The molecule has 9 N–H and O–H groups in total. The van der Waals surface area contributed by atoms with Crippen molar-refractivity contribution in [1.82, 2.24) is 5.32 Å². The van der Waals surface area contributed by atoms with Crippen LogP contribution in [0.15, 0.2) is 0 Å². The lowest BCUT2D eigenvalue weighted by Gasteiger charge is -2.44. The molecule has 0 aromatic carbocycles. The second kappa shape index (κ2) is 10.2. The highest BCUT2D eigenvalue weighted by Gasteiger charge is 2.48. The Kier molecular flexibility index (Phi) is 8.93. The second-order valence-electron chi connectivity index (χ2n) is 6.06. The molecule has 0 aromatic heterocycles. The molecular formula is C14H25NO12. The number of ether oxygens (including phenoxy) is 2. The number of hydrogen-bond acceptors (Lipinski definition) is 11. The summed E-state index contributed by atoms with van der Waals surface area (Å²) in [4.78, 5) is 22.4. The van der Waals surface area contributed by atoms with Crippen LogP contribution in [-0.2, 0) is 19.1 Å². The fraction of sp³-hybridized carbons (Fsp3) is 0.857. The molecule has 0 radical (unpaired) electrons. The quantitative estimate of drug-likeness (QED) is 0.177. The van der Waals surface area contributed by atoms with Crippen LogP contribution < -0.4 is 5.32 Å². The number of carbonyl (C=O) groups excluding carboxylic acids is 1. The normalized spacial score (nSPS) is 33.0. The number of hydrogen-bond donors (Lipinski definition) is 9. The third-order valence-corrected chi connectivity index (χ3v) is 4.02. The Morgan fingerprint density at radius 1 is 1.15 bits per heavy atom. The molecule has 27 heavy (non-hydrogen) atoms. The molecule has 0 spiro atoms. The molecule has 1 fully saturated rings. The van der Waals surface area contributed by atoms with Crippen molar-refractivity contribution in [2.75, 3.05) is 13.2 Å². The van der Waals surface area contributed by atoms with Crippen LogP contribution in [0.2, 0.25) is 0 Å². The SMILES string of the molecule is CC(=O)N[C@H]1[C@H](O[C@H]([C@H](O)[C@H](O)CO)[C@H](O)C(=O)O)O[C@H](CO)[C@@H](O)[C@@H]1O. The highest BCUT2D eigenvalue weighted by atomic mass is 16.7. The van der Waals surface area contributed by atoms with Crippen LogP contribution in [0.4, 0.5) is 0 Å². The van der Waals surface area contributed by atoms with Crippen molar-refractivity contribution in [2.45, 2.75) is 62.0 Å². The second-order valence-corrected chi connectivity index (χ2v) is 6.06. The Bertz CT molecular complexity index is 504. The van der Waals surface area contributed by atoms with Gasteiger partial charge in [-0.05, 0) is 0 Å². The molecule has 1 saturated heterocycles. The molecule has 1 heterocycles. The summed E-state index contributed by atoms with van der Waals surface area (Å²) < 4.78 is 10.4. The van der Waals surface area contributed by atoms with Crippen LogP contribution in [-0.4, -0.2) is 121 Å². The first-order valence-electron chi connectivity index (χ1n) is 7.98. The largest absolute Gasteiger partial charge is 0.479 e. The Labute approximate surface area is 153 Å². The number of carbonyl (C=O) groups is 2. The van der Waals surface area contributed by atoms with Crippen molar-refractivity contribution in [3.8, 4) is 0 Å². The van der Waals surface area contributed by atoms with Gasteiger partial charge in [-0.15, -0.1) is 0 Å². The maximum Gasteiger partial charge on any atom is 0.335 e. The fourth-order valence-corrected chi connectivity index (χ4v) is 2.55. The maximum absolute atomic E-state index is 11.3. The fourth-order valence-electron chi connectivity index (χ4n) is 2.55. The zero-order chi connectivity index (χ0) is 20.9. The number of nitrogens with one attached hydrogen (secondary N) is 1. The number of amides is 1. The van der Waals surface area contributed by atoms with Gasteiger partial charge in [0.15, 0.2) is 12.4 Å². The molecular weight excluding hydrogens is 374 g/mol. The van der Waals surface area contributed by atoms with Crippen LogP contribution in [0, 0.1) is 0 Å². The summed E-state index contributed by atoms with van der Waals surface area (Å²) in [5.41, 5.74) is 0. The summed E-state index contributed by atoms with van der Waals surface area (Å²) >= 11 is 0. The Morgan fingerprint density at radius 2 is 1.74 bits per heavy atom. The summed E-state index contributed by atoms with van der Waals surface area (Å²) in [6.07, 6.45) is -14.9. The minimum Gasteiger partial charge on any atom is -0.479 e. The standard InChI is InChI=1S/C14H25NO12/c1-4(18)15-7-10(22)9(21)6(3-17)26-14(7)27-12(11(23)13(24)25)8(20)5(19)2-16/h5-12,14,16-17,19-23H,2-3H2,1H3,(H,15,18)(H,24,25)/t5-,6-,7-,8-,9-,10-,11+,12-,14+/m1/s1. The van der Waals surface area contributed by atoms with Gasteiger partial charge in [-0.1, -0.05) is 0 Å². The highest BCUT2D eigenvalue weighted by Crippen LogP contribution is 2.25. The van der Waals surface area contributed by atoms with E-state index < -0.39 is 80.1 Å². The lowest BCUT2D eigenvalue weighted by Crippen LogP contribution is -2.66. The van der Waals surface area contributed by atoms with Gasteiger partial charge in [0.05, 0.1) is 13.2 Å². The molecule has 1 amide bonds. The minimum absolute atomic E-state index is 0.683. The lowest BCUT2D eigenvalue weighted by molar-refractivity contribution is -0.300. The van der Waals surface area contributed by atoms with Crippen molar-refractivity contribution in [1.29, 1.82) is 0 Å². The Morgan fingerprint density at radius 3 is 2.19 bits per heavy atom. The van der Waals surface area contributed by atoms with E-state index in [0.29, 0.717) is 0 Å². The topological polar surface area (TPSA) is 226 Å². The Hall–Kier alpha value is -1.42. The van der Waals surface area contributed by atoms with Crippen molar-refractivity contribution < 1.29 is 59.9 Å². The first-order chi connectivity index (χ1) is 12.5. The van der Waals surface area contributed by atoms with Crippen molar-refractivity contribution in [3.05, 3.63) is 0 Å². The monoisotopic (exact) mass is 399 g/mol. The molecule has 13 heteroatoms. The molecule has 1 aliphatic rings. The van der Waals surface area contributed by atoms with Gasteiger partial charge in [0.2, 0.25) is 5.91 Å². The van der Waals surface area contributed by atoms with Crippen LogP contribution >= 0.6 is 0 Å².